The summed E-state index contributed by atoms with van der Waals surface area (Å²) in [4.78, 5) is 0.205. The minimum absolute atomic E-state index is 0.0951. The maximum Gasteiger partial charge on any atom is 0.240 e. The number of ether oxygens (including phenoxy) is 1. The largest absolute Gasteiger partial charge is 0.392 e. The zero-order valence-corrected chi connectivity index (χ0v) is 11.2. The lowest BCUT2D eigenvalue weighted by Gasteiger charge is -2.07. The molecule has 1 rings (SSSR count). The topological polar surface area (TPSA) is 75.6 Å². The van der Waals surface area contributed by atoms with Crippen molar-refractivity contribution in [3.05, 3.63) is 29.8 Å². The molecule has 1 aromatic carbocycles. The van der Waals surface area contributed by atoms with Crippen LogP contribution >= 0.6 is 0 Å². The Labute approximate surface area is 108 Å². The highest BCUT2D eigenvalue weighted by atomic mass is 32.2. The quantitative estimate of drug-likeness (QED) is 0.690. The van der Waals surface area contributed by atoms with Crippen LogP contribution in [-0.4, -0.2) is 33.3 Å². The molecule has 18 heavy (non-hydrogen) atoms. The van der Waals surface area contributed by atoms with Crippen molar-refractivity contribution in [2.45, 2.75) is 24.8 Å². The number of nitrogens with one attached hydrogen (secondary N) is 1. The molecule has 0 aromatic heterocycles. The first-order valence-electron chi connectivity index (χ1n) is 5.87. The molecule has 1 aromatic rings. The smallest absolute Gasteiger partial charge is 0.240 e. The van der Waals surface area contributed by atoms with E-state index in [4.69, 9.17) is 9.84 Å². The number of hydrogen-bond donors (Lipinski definition) is 2. The highest BCUT2D eigenvalue weighted by Gasteiger charge is 2.12. The Balaban J connectivity index is 2.51. The molecule has 0 atom stereocenters. The lowest BCUT2D eigenvalue weighted by molar-refractivity contribution is 0.146. The van der Waals surface area contributed by atoms with Gasteiger partial charge in [0, 0.05) is 19.8 Å². The number of aliphatic hydroxyl groups is 1. The van der Waals surface area contributed by atoms with Crippen LogP contribution in [0.15, 0.2) is 29.2 Å². The van der Waals surface area contributed by atoms with Crippen molar-refractivity contribution in [1.29, 1.82) is 0 Å². The van der Waals surface area contributed by atoms with Gasteiger partial charge in [-0.2, -0.15) is 0 Å². The molecule has 0 unspecified atom stereocenters. The van der Waals surface area contributed by atoms with Gasteiger partial charge in [0.2, 0.25) is 10.0 Å². The summed E-state index contributed by atoms with van der Waals surface area (Å²) < 4.78 is 31.3. The van der Waals surface area contributed by atoms with Gasteiger partial charge < -0.3 is 9.84 Å². The van der Waals surface area contributed by atoms with Gasteiger partial charge in [-0.05, 0) is 31.0 Å². The van der Waals surface area contributed by atoms with E-state index >= 15 is 0 Å². The van der Waals surface area contributed by atoms with E-state index < -0.39 is 10.0 Å². The Morgan fingerprint density at radius 3 is 2.50 bits per heavy atom. The van der Waals surface area contributed by atoms with Gasteiger partial charge >= 0.3 is 0 Å². The van der Waals surface area contributed by atoms with Crippen LogP contribution in [0.1, 0.15) is 18.9 Å². The van der Waals surface area contributed by atoms with Gasteiger partial charge in [0.05, 0.1) is 11.5 Å². The second-order valence-electron chi connectivity index (χ2n) is 3.75. The fraction of sp³-hybridized carbons (Fsp3) is 0.500. The summed E-state index contributed by atoms with van der Waals surface area (Å²) in [5.41, 5.74) is 0.685. The molecule has 0 radical (unpaired) electrons. The van der Waals surface area contributed by atoms with Crippen LogP contribution < -0.4 is 4.72 Å². The van der Waals surface area contributed by atoms with E-state index in [1.54, 1.807) is 12.1 Å². The number of rotatable bonds is 8. The van der Waals surface area contributed by atoms with Crippen molar-refractivity contribution >= 4 is 10.0 Å². The summed E-state index contributed by atoms with van der Waals surface area (Å²) in [7, 11) is -3.46. The Hall–Kier alpha value is -0.950. The van der Waals surface area contributed by atoms with E-state index in [2.05, 4.69) is 4.72 Å². The second kappa shape index (κ2) is 7.48. The molecular formula is C12H19NO4S. The van der Waals surface area contributed by atoms with E-state index in [-0.39, 0.29) is 11.5 Å². The molecule has 0 spiro atoms. The molecule has 0 aliphatic heterocycles. The summed E-state index contributed by atoms with van der Waals surface area (Å²) in [5, 5.41) is 8.88. The third-order valence-electron chi connectivity index (χ3n) is 2.38. The number of sulfonamides is 1. The highest BCUT2D eigenvalue weighted by molar-refractivity contribution is 7.89. The lowest BCUT2D eigenvalue weighted by atomic mass is 10.2. The minimum Gasteiger partial charge on any atom is -0.392 e. The number of aliphatic hydroxyl groups excluding tert-OH is 1. The van der Waals surface area contributed by atoms with Gasteiger partial charge in [0.15, 0.2) is 0 Å². The van der Waals surface area contributed by atoms with E-state index in [1.165, 1.54) is 12.1 Å². The van der Waals surface area contributed by atoms with Gasteiger partial charge in [0.25, 0.3) is 0 Å². The predicted octanol–water partition coefficient (Wildman–Crippen LogP) is 0.884. The molecule has 2 N–H and O–H groups in total. The fourth-order valence-corrected chi connectivity index (χ4v) is 2.46. The lowest BCUT2D eigenvalue weighted by Crippen LogP contribution is -2.25. The molecule has 0 aliphatic rings. The van der Waals surface area contributed by atoms with Crippen molar-refractivity contribution in [2.24, 2.45) is 0 Å². The van der Waals surface area contributed by atoms with Gasteiger partial charge in [0.1, 0.15) is 0 Å². The summed E-state index contributed by atoms with van der Waals surface area (Å²) in [6, 6.07) is 6.15. The third-order valence-corrected chi connectivity index (χ3v) is 3.85. The fourth-order valence-electron chi connectivity index (χ4n) is 1.38. The zero-order valence-electron chi connectivity index (χ0n) is 10.4. The van der Waals surface area contributed by atoms with Gasteiger partial charge in [-0.15, -0.1) is 0 Å². The van der Waals surface area contributed by atoms with Crippen molar-refractivity contribution < 1.29 is 18.3 Å². The molecule has 0 amide bonds. The van der Waals surface area contributed by atoms with Crippen LogP contribution in [0.5, 0.6) is 0 Å². The van der Waals surface area contributed by atoms with Crippen LogP contribution in [0.3, 0.4) is 0 Å². The molecule has 5 nitrogen and oxygen atoms in total. The third kappa shape index (κ3) is 4.73. The van der Waals surface area contributed by atoms with Crippen molar-refractivity contribution in [3.8, 4) is 0 Å². The average Bonchev–Trinajstić information content (AvgIpc) is 2.38. The zero-order chi connectivity index (χ0) is 13.4. The van der Waals surface area contributed by atoms with Crippen LogP contribution in [0.2, 0.25) is 0 Å². The molecule has 0 bridgehead atoms. The second-order valence-corrected chi connectivity index (χ2v) is 5.52. The van der Waals surface area contributed by atoms with Crippen LogP contribution in [-0.2, 0) is 21.4 Å². The minimum atomic E-state index is -3.46. The maximum absolute atomic E-state index is 11.9. The molecular weight excluding hydrogens is 254 g/mol. The summed E-state index contributed by atoms with van der Waals surface area (Å²) in [5.74, 6) is 0. The Morgan fingerprint density at radius 1 is 1.28 bits per heavy atom. The summed E-state index contributed by atoms with van der Waals surface area (Å²) in [6.07, 6.45) is 0.641. The van der Waals surface area contributed by atoms with E-state index in [0.717, 1.165) is 0 Å². The highest BCUT2D eigenvalue weighted by Crippen LogP contribution is 2.10. The van der Waals surface area contributed by atoms with Crippen molar-refractivity contribution in [2.75, 3.05) is 19.8 Å². The molecule has 0 saturated heterocycles. The Kier molecular flexibility index (Phi) is 6.28. The van der Waals surface area contributed by atoms with E-state index in [9.17, 15) is 8.42 Å². The molecule has 6 heteroatoms. The maximum atomic E-state index is 11.9. The first-order chi connectivity index (χ1) is 8.60. The van der Waals surface area contributed by atoms with E-state index in [0.29, 0.717) is 31.7 Å². The Bertz CT molecular complexity index is 442. The van der Waals surface area contributed by atoms with Crippen LogP contribution in [0.4, 0.5) is 0 Å². The van der Waals surface area contributed by atoms with Crippen molar-refractivity contribution in [3.63, 3.8) is 0 Å². The van der Waals surface area contributed by atoms with Gasteiger partial charge in [-0.25, -0.2) is 13.1 Å². The summed E-state index contributed by atoms with van der Waals surface area (Å²) >= 11 is 0. The van der Waals surface area contributed by atoms with Crippen molar-refractivity contribution in [1.82, 2.24) is 4.72 Å². The average molecular weight is 273 g/mol. The normalized spacial score (nSPS) is 11.7. The van der Waals surface area contributed by atoms with E-state index in [1.807, 2.05) is 6.92 Å². The molecule has 0 fully saturated rings. The number of hydrogen-bond acceptors (Lipinski definition) is 4. The Morgan fingerprint density at radius 2 is 1.94 bits per heavy atom. The van der Waals surface area contributed by atoms with Gasteiger partial charge in [-0.1, -0.05) is 12.1 Å². The SMILES string of the molecule is CCOCCCNS(=O)(=O)c1ccc(CO)cc1. The molecule has 0 heterocycles. The molecule has 0 saturated carbocycles. The first-order valence-corrected chi connectivity index (χ1v) is 7.35. The molecule has 102 valence electrons. The molecule has 0 aliphatic carbocycles. The number of benzene rings is 1. The van der Waals surface area contributed by atoms with Crippen LogP contribution in [0, 0.1) is 0 Å². The monoisotopic (exact) mass is 273 g/mol. The van der Waals surface area contributed by atoms with Crippen LogP contribution in [0.25, 0.3) is 0 Å². The van der Waals surface area contributed by atoms with Gasteiger partial charge in [-0.3, -0.25) is 0 Å². The standard InChI is InChI=1S/C12H19NO4S/c1-2-17-9-3-8-13-18(15,16)12-6-4-11(10-14)5-7-12/h4-7,13-14H,2-3,8-10H2,1H3. The predicted molar refractivity (Wildman–Crippen MR) is 68.7 cm³/mol. The first kappa shape index (κ1) is 15.1. The summed E-state index contributed by atoms with van der Waals surface area (Å²) in [6.45, 7) is 3.33.